The van der Waals surface area contributed by atoms with Crippen LogP contribution in [0, 0.1) is 0 Å². The van der Waals surface area contributed by atoms with Crippen molar-refractivity contribution in [3.63, 3.8) is 0 Å². The van der Waals surface area contributed by atoms with Crippen LogP contribution in [0.25, 0.3) is 38.6 Å². The van der Waals surface area contributed by atoms with Gasteiger partial charge in [-0.1, -0.05) is 97.7 Å². The summed E-state index contributed by atoms with van der Waals surface area (Å²) in [5.74, 6) is -0.340. The molecular formula is C43H38Cl2N8O3. The molecule has 0 aliphatic heterocycles. The Balaban J connectivity index is 0.000000189. The number of nitrogens with two attached hydrogens (primary N) is 2. The van der Waals surface area contributed by atoms with Crippen LogP contribution in [0.5, 0.6) is 0 Å². The maximum absolute atomic E-state index is 13.7. The van der Waals surface area contributed by atoms with Crippen LogP contribution in [-0.2, 0) is 0 Å². The summed E-state index contributed by atoms with van der Waals surface area (Å²) in [5.41, 5.74) is 15.3. The topological polar surface area (TPSA) is 155 Å². The van der Waals surface area contributed by atoms with Crippen LogP contribution in [0.4, 0.5) is 5.82 Å². The minimum absolute atomic E-state index is 0.0804. The second kappa shape index (κ2) is 16.2. The van der Waals surface area contributed by atoms with Crippen LogP contribution in [0.1, 0.15) is 60.5 Å². The first-order valence-corrected chi connectivity index (χ1v) is 18.8. The second-order valence-corrected chi connectivity index (χ2v) is 13.9. The van der Waals surface area contributed by atoms with Gasteiger partial charge in [-0.2, -0.15) is 0 Å². The first-order chi connectivity index (χ1) is 27.1. The van der Waals surface area contributed by atoms with Crippen molar-refractivity contribution in [3.05, 3.63) is 175 Å². The van der Waals surface area contributed by atoms with Crippen molar-refractivity contribution in [2.45, 2.75) is 38.8 Å². The van der Waals surface area contributed by atoms with Gasteiger partial charge in [-0.25, -0.2) is 9.50 Å². The Kier molecular flexibility index (Phi) is 11.0. The van der Waals surface area contributed by atoms with Crippen molar-refractivity contribution in [3.8, 4) is 11.4 Å². The maximum Gasteiger partial charge on any atom is 0.264 e. The van der Waals surface area contributed by atoms with E-state index in [9.17, 15) is 14.4 Å². The fourth-order valence-electron chi connectivity index (χ4n) is 6.84. The molecule has 4 heterocycles. The SMILES string of the molecule is CC[C@H](N)c1cc2cccc(Cl)c2c(=O)n1-c1ccccc1.CC[C@H](NC(=O)c1c(N)nn2cccnc12)c1cc2cccc(Cl)c2c(=O)n1-c1ccccc1. The average Bonchev–Trinajstić information content (AvgIpc) is 3.56. The van der Waals surface area contributed by atoms with Gasteiger partial charge >= 0.3 is 0 Å². The molecule has 8 rings (SSSR count). The summed E-state index contributed by atoms with van der Waals surface area (Å²) in [7, 11) is 0. The highest BCUT2D eigenvalue weighted by Crippen LogP contribution is 2.29. The Morgan fingerprint density at radius 1 is 0.732 bits per heavy atom. The minimum Gasteiger partial charge on any atom is -0.381 e. The van der Waals surface area contributed by atoms with Gasteiger partial charge in [0, 0.05) is 41.2 Å². The van der Waals surface area contributed by atoms with E-state index in [-0.39, 0.29) is 28.5 Å². The zero-order valence-electron chi connectivity index (χ0n) is 30.6. The molecule has 11 nitrogen and oxygen atoms in total. The van der Waals surface area contributed by atoms with Crippen LogP contribution in [-0.4, -0.2) is 29.6 Å². The van der Waals surface area contributed by atoms with Gasteiger partial charge in [-0.15, -0.1) is 5.10 Å². The zero-order chi connectivity index (χ0) is 39.5. The Morgan fingerprint density at radius 3 is 1.80 bits per heavy atom. The summed E-state index contributed by atoms with van der Waals surface area (Å²) in [6, 6.07) is 34.4. The van der Waals surface area contributed by atoms with E-state index in [0.29, 0.717) is 49.7 Å². The number of carbonyl (C=O) groups excluding carboxylic acids is 1. The maximum atomic E-state index is 13.7. The first kappa shape index (κ1) is 38.0. The molecule has 0 bridgehead atoms. The van der Waals surface area contributed by atoms with E-state index in [1.807, 2.05) is 105 Å². The van der Waals surface area contributed by atoms with Crippen LogP contribution in [0.3, 0.4) is 0 Å². The standard InChI is InChI=1S/C25H21ClN6O2.C18H17ClN2O/c1-2-18(29-24(33)21-22(27)30-31-13-7-12-28-23(21)31)19-14-15-8-6-11-17(26)20(15)25(34)32(19)16-9-4-3-5-10-16;1-2-15(20)16-11-12-7-6-10-14(19)17(12)18(22)21(16)13-8-4-3-5-9-13/h3-14,18H,2H2,1H3,(H2,27,30)(H,29,33);3-11,15H,2,20H2,1H3/t18-;15-/m00/s1. The monoisotopic (exact) mass is 784 g/mol. The number of nitrogens with one attached hydrogen (secondary N) is 1. The average molecular weight is 786 g/mol. The van der Waals surface area contributed by atoms with Gasteiger partial charge in [-0.05, 0) is 78.2 Å². The molecule has 8 aromatic rings. The summed E-state index contributed by atoms with van der Waals surface area (Å²) in [5, 5.41) is 10.5. The van der Waals surface area contributed by atoms with Gasteiger partial charge in [0.1, 0.15) is 5.56 Å². The third kappa shape index (κ3) is 7.15. The molecule has 0 spiro atoms. The highest BCUT2D eigenvalue weighted by atomic mass is 35.5. The molecule has 0 fully saturated rings. The summed E-state index contributed by atoms with van der Waals surface area (Å²) >= 11 is 12.6. The number of halogens is 2. The Morgan fingerprint density at radius 2 is 1.27 bits per heavy atom. The van der Waals surface area contributed by atoms with Crippen LogP contribution in [0.2, 0.25) is 10.0 Å². The molecule has 4 aromatic carbocycles. The van der Waals surface area contributed by atoms with Crippen molar-refractivity contribution in [2.75, 3.05) is 5.73 Å². The van der Waals surface area contributed by atoms with Crippen LogP contribution in [0.15, 0.2) is 137 Å². The molecule has 13 heteroatoms. The van der Waals surface area contributed by atoms with Crippen molar-refractivity contribution in [1.29, 1.82) is 0 Å². The molecule has 282 valence electrons. The first-order valence-electron chi connectivity index (χ1n) is 18.1. The quantitative estimate of drug-likeness (QED) is 0.140. The van der Waals surface area contributed by atoms with E-state index in [2.05, 4.69) is 15.4 Å². The number of pyridine rings is 2. The number of nitrogens with zero attached hydrogens (tertiary/aromatic N) is 5. The lowest BCUT2D eigenvalue weighted by Crippen LogP contribution is -2.33. The third-order valence-electron chi connectivity index (χ3n) is 9.62. The number of fused-ring (bicyclic) bond motifs is 3. The van der Waals surface area contributed by atoms with E-state index in [1.165, 1.54) is 4.52 Å². The molecule has 2 atom stereocenters. The second-order valence-electron chi connectivity index (χ2n) is 13.1. The van der Waals surface area contributed by atoms with Crippen LogP contribution < -0.4 is 27.9 Å². The van der Waals surface area contributed by atoms with Gasteiger partial charge in [0.05, 0.1) is 26.9 Å². The van der Waals surface area contributed by atoms with Crippen molar-refractivity contribution < 1.29 is 4.79 Å². The molecule has 0 unspecified atom stereocenters. The van der Waals surface area contributed by atoms with Crippen molar-refractivity contribution in [1.82, 2.24) is 29.0 Å². The fourth-order valence-corrected chi connectivity index (χ4v) is 7.37. The molecule has 4 aromatic heterocycles. The molecule has 1 amide bonds. The number of anilines is 1. The normalized spacial score (nSPS) is 12.3. The Bertz CT molecular complexity index is 2840. The smallest absolute Gasteiger partial charge is 0.264 e. The highest BCUT2D eigenvalue weighted by molar-refractivity contribution is 6.35. The molecule has 0 radical (unpaired) electrons. The molecule has 0 aliphatic carbocycles. The van der Waals surface area contributed by atoms with Gasteiger partial charge in [-0.3, -0.25) is 23.5 Å². The lowest BCUT2D eigenvalue weighted by Gasteiger charge is -2.23. The molecule has 0 saturated heterocycles. The van der Waals surface area contributed by atoms with E-state index in [1.54, 1.807) is 45.8 Å². The summed E-state index contributed by atoms with van der Waals surface area (Å²) in [4.78, 5) is 44.3. The number of carbonyl (C=O) groups is 1. The van der Waals surface area contributed by atoms with Crippen molar-refractivity contribution >= 4 is 62.1 Å². The van der Waals surface area contributed by atoms with E-state index in [0.717, 1.165) is 23.2 Å². The third-order valence-corrected chi connectivity index (χ3v) is 10.2. The lowest BCUT2D eigenvalue weighted by atomic mass is 10.0. The molecule has 0 aliphatic rings. The van der Waals surface area contributed by atoms with E-state index in [4.69, 9.17) is 34.7 Å². The Hall–Kier alpha value is -6.27. The predicted molar refractivity (Wildman–Crippen MR) is 224 cm³/mol. The molecule has 0 saturated carbocycles. The number of hydrogen-bond donors (Lipinski definition) is 3. The summed E-state index contributed by atoms with van der Waals surface area (Å²) in [6.07, 6.45) is 4.52. The van der Waals surface area contributed by atoms with Gasteiger partial charge in [0.25, 0.3) is 17.0 Å². The molecular weight excluding hydrogens is 747 g/mol. The van der Waals surface area contributed by atoms with Crippen LogP contribution >= 0.6 is 23.2 Å². The van der Waals surface area contributed by atoms with Gasteiger partial charge < -0.3 is 16.8 Å². The number of rotatable bonds is 8. The van der Waals surface area contributed by atoms with E-state index < -0.39 is 11.9 Å². The van der Waals surface area contributed by atoms with Gasteiger partial charge in [0.2, 0.25) is 0 Å². The number of para-hydroxylation sites is 2. The zero-order valence-corrected chi connectivity index (χ0v) is 32.1. The lowest BCUT2D eigenvalue weighted by molar-refractivity contribution is 0.0936. The molecule has 5 N–H and O–H groups in total. The minimum atomic E-state index is -0.498. The van der Waals surface area contributed by atoms with E-state index >= 15 is 0 Å². The highest BCUT2D eigenvalue weighted by Gasteiger charge is 2.25. The summed E-state index contributed by atoms with van der Waals surface area (Å²) in [6.45, 7) is 3.94. The molecule has 56 heavy (non-hydrogen) atoms. The van der Waals surface area contributed by atoms with Crippen molar-refractivity contribution in [2.24, 2.45) is 5.73 Å². The number of nitrogen functional groups attached to an aromatic ring is 1. The predicted octanol–water partition coefficient (Wildman–Crippen LogP) is 8.20. The number of benzene rings is 4. The largest absolute Gasteiger partial charge is 0.381 e. The fraction of sp³-hybridized carbons (Fsp3) is 0.140. The number of aromatic nitrogens is 5. The Labute approximate surface area is 331 Å². The summed E-state index contributed by atoms with van der Waals surface area (Å²) < 4.78 is 4.73. The number of amides is 1. The van der Waals surface area contributed by atoms with Gasteiger partial charge in [0.15, 0.2) is 11.5 Å². The number of hydrogen-bond acceptors (Lipinski definition) is 7.